The van der Waals surface area contributed by atoms with E-state index in [-0.39, 0.29) is 18.5 Å². The van der Waals surface area contributed by atoms with Crippen molar-refractivity contribution < 1.29 is 24.5 Å². The van der Waals surface area contributed by atoms with Gasteiger partial charge in [0.2, 0.25) is 5.91 Å². The molecule has 0 aliphatic heterocycles. The van der Waals surface area contributed by atoms with E-state index in [9.17, 15) is 19.8 Å². The Morgan fingerprint density at radius 3 is 1.03 bits per heavy atom. The number of hydrogen-bond donors (Lipinski definition) is 3. The first kappa shape index (κ1) is 72.8. The number of carbonyl (C=O) groups excluding carboxylic acids is 2. The number of rotatable bonds is 62. The lowest BCUT2D eigenvalue weighted by molar-refractivity contribution is -0.143. The molecule has 0 rings (SSSR count). The van der Waals surface area contributed by atoms with Crippen molar-refractivity contribution in [2.75, 3.05) is 13.2 Å². The standard InChI is InChI=1S/C69H129NO5/c1-3-5-7-9-11-13-15-17-19-21-23-24-25-27-29-33-37-41-45-49-53-57-61-67(72)66(65-71)70-68(73)62-58-54-50-46-42-38-34-30-28-32-36-40-44-48-52-56-60-64-75-69(74)63-59-55-51-47-43-39-35-31-26-22-20-18-16-14-12-10-8-6-4-2/h18,20,28,32,40,44,57,61,66-67,71-72H,3-17,19,21-27,29-31,33-39,41-43,45-56,58-60,62-65H2,1-2H3,(H,70,73)/b20-18-,32-28-,44-40-,61-57+. The highest BCUT2D eigenvalue weighted by Crippen LogP contribution is 2.17. The van der Waals surface area contributed by atoms with Gasteiger partial charge in [-0.1, -0.05) is 294 Å². The monoisotopic (exact) mass is 1050 g/mol. The van der Waals surface area contributed by atoms with Gasteiger partial charge in [0.1, 0.15) is 0 Å². The van der Waals surface area contributed by atoms with Crippen molar-refractivity contribution >= 4 is 11.9 Å². The number of unbranched alkanes of at least 4 members (excludes halogenated alkanes) is 45. The van der Waals surface area contributed by atoms with Crippen LogP contribution in [0.25, 0.3) is 0 Å². The van der Waals surface area contributed by atoms with Crippen molar-refractivity contribution in [2.45, 2.75) is 366 Å². The summed E-state index contributed by atoms with van der Waals surface area (Å²) in [7, 11) is 0. The topological polar surface area (TPSA) is 95.9 Å². The van der Waals surface area contributed by atoms with E-state index in [1.165, 1.54) is 244 Å². The molecule has 0 aromatic heterocycles. The lowest BCUT2D eigenvalue weighted by atomic mass is 10.0. The number of carbonyl (C=O) groups is 2. The Labute approximate surface area is 467 Å². The maximum atomic E-state index is 12.5. The van der Waals surface area contributed by atoms with Gasteiger partial charge in [-0.3, -0.25) is 9.59 Å². The summed E-state index contributed by atoms with van der Waals surface area (Å²) in [5.74, 6) is -0.0982. The second-order valence-corrected chi connectivity index (χ2v) is 22.8. The number of aliphatic hydroxyl groups excluding tert-OH is 2. The maximum Gasteiger partial charge on any atom is 0.305 e. The zero-order chi connectivity index (χ0) is 54.3. The van der Waals surface area contributed by atoms with Crippen LogP contribution in [0.4, 0.5) is 0 Å². The highest BCUT2D eigenvalue weighted by Gasteiger charge is 2.18. The molecule has 0 fully saturated rings. The molecule has 6 heteroatoms. The molecule has 440 valence electrons. The summed E-state index contributed by atoms with van der Waals surface area (Å²) in [5.41, 5.74) is 0. The van der Waals surface area contributed by atoms with Gasteiger partial charge >= 0.3 is 5.97 Å². The van der Waals surface area contributed by atoms with Gasteiger partial charge in [0.05, 0.1) is 25.4 Å². The molecule has 0 aliphatic carbocycles. The van der Waals surface area contributed by atoms with Crippen LogP contribution in [0.5, 0.6) is 0 Å². The Balaban J connectivity index is 3.51. The van der Waals surface area contributed by atoms with Crippen LogP contribution in [0.2, 0.25) is 0 Å². The lowest BCUT2D eigenvalue weighted by Crippen LogP contribution is -2.45. The van der Waals surface area contributed by atoms with Crippen molar-refractivity contribution in [3.8, 4) is 0 Å². The van der Waals surface area contributed by atoms with E-state index in [0.29, 0.717) is 19.4 Å². The minimum Gasteiger partial charge on any atom is -0.466 e. The van der Waals surface area contributed by atoms with E-state index in [1.807, 2.05) is 6.08 Å². The van der Waals surface area contributed by atoms with Crippen LogP contribution in [-0.2, 0) is 14.3 Å². The van der Waals surface area contributed by atoms with Crippen LogP contribution in [0, 0.1) is 0 Å². The van der Waals surface area contributed by atoms with E-state index in [4.69, 9.17) is 4.74 Å². The van der Waals surface area contributed by atoms with Crippen molar-refractivity contribution in [1.82, 2.24) is 5.32 Å². The van der Waals surface area contributed by atoms with Crippen LogP contribution in [0.3, 0.4) is 0 Å². The summed E-state index contributed by atoms with van der Waals surface area (Å²) in [5, 5.41) is 23.2. The van der Waals surface area contributed by atoms with Gasteiger partial charge in [-0.15, -0.1) is 0 Å². The summed E-state index contributed by atoms with van der Waals surface area (Å²) in [6, 6.07) is -0.642. The number of ether oxygens (including phenoxy) is 1. The number of esters is 1. The predicted octanol–water partition coefficient (Wildman–Crippen LogP) is 21.3. The number of amides is 1. The van der Waals surface area contributed by atoms with Gasteiger partial charge in [0.25, 0.3) is 0 Å². The molecule has 1 amide bonds. The van der Waals surface area contributed by atoms with Crippen LogP contribution >= 0.6 is 0 Å². The SMILES string of the molecule is CCCCCCCC/C=C\CCCCCCCCCCCC(=O)OCCCCC/C=C\C/C=C\CCCCCCCCCC(=O)NC(CO)C(O)/C=C/CCCCCCCCCCCCCCCCCCCCCC. The van der Waals surface area contributed by atoms with Gasteiger partial charge < -0.3 is 20.3 Å². The van der Waals surface area contributed by atoms with Crippen LogP contribution < -0.4 is 5.32 Å². The fraction of sp³-hybridized carbons (Fsp3) is 0.855. The van der Waals surface area contributed by atoms with Gasteiger partial charge in [-0.25, -0.2) is 0 Å². The summed E-state index contributed by atoms with van der Waals surface area (Å²) < 4.78 is 5.47. The number of nitrogens with one attached hydrogen (secondary N) is 1. The Hall–Kier alpha value is -2.18. The Morgan fingerprint density at radius 2 is 0.667 bits per heavy atom. The first-order valence-electron chi connectivity index (χ1n) is 33.4. The summed E-state index contributed by atoms with van der Waals surface area (Å²) in [6.45, 7) is 4.88. The number of aliphatic hydroxyl groups is 2. The van der Waals surface area contributed by atoms with Gasteiger partial charge in [0, 0.05) is 12.8 Å². The molecule has 0 saturated heterocycles. The third-order valence-electron chi connectivity index (χ3n) is 15.3. The van der Waals surface area contributed by atoms with Gasteiger partial charge in [0.15, 0.2) is 0 Å². The molecule has 0 aliphatic rings. The predicted molar refractivity (Wildman–Crippen MR) is 329 cm³/mol. The molecule has 0 aromatic carbocycles. The van der Waals surface area contributed by atoms with E-state index in [0.717, 1.165) is 83.5 Å². The molecule has 0 spiro atoms. The average Bonchev–Trinajstić information content (AvgIpc) is 3.41. The normalized spacial score (nSPS) is 12.9. The molecular formula is C69H129NO5. The maximum absolute atomic E-state index is 12.5. The molecule has 3 N–H and O–H groups in total. The van der Waals surface area contributed by atoms with Gasteiger partial charge in [-0.05, 0) is 96.3 Å². The fourth-order valence-electron chi connectivity index (χ4n) is 10.2. The Kier molecular flexibility index (Phi) is 62.5. The third kappa shape index (κ3) is 60.9. The number of hydrogen-bond acceptors (Lipinski definition) is 5. The first-order chi connectivity index (χ1) is 37.0. The first-order valence-corrected chi connectivity index (χ1v) is 33.4. The summed E-state index contributed by atoms with van der Waals surface area (Å²) in [6.07, 6.45) is 83.1. The Morgan fingerprint density at radius 1 is 0.373 bits per heavy atom. The zero-order valence-corrected chi connectivity index (χ0v) is 50.3. The average molecular weight is 1050 g/mol. The smallest absolute Gasteiger partial charge is 0.305 e. The molecule has 2 atom stereocenters. The molecule has 0 heterocycles. The molecule has 0 bridgehead atoms. The van der Waals surface area contributed by atoms with E-state index in [2.05, 4.69) is 55.6 Å². The molecule has 75 heavy (non-hydrogen) atoms. The molecule has 2 unspecified atom stereocenters. The largest absolute Gasteiger partial charge is 0.466 e. The molecule has 6 nitrogen and oxygen atoms in total. The highest BCUT2D eigenvalue weighted by molar-refractivity contribution is 5.76. The van der Waals surface area contributed by atoms with Crippen LogP contribution in [0.15, 0.2) is 48.6 Å². The number of allylic oxidation sites excluding steroid dienone is 7. The van der Waals surface area contributed by atoms with E-state index in [1.54, 1.807) is 6.08 Å². The lowest BCUT2D eigenvalue weighted by Gasteiger charge is -2.20. The second kappa shape index (κ2) is 64.3. The molecule has 0 saturated carbocycles. The summed E-state index contributed by atoms with van der Waals surface area (Å²) in [4.78, 5) is 24.6. The van der Waals surface area contributed by atoms with Gasteiger partial charge in [-0.2, -0.15) is 0 Å². The van der Waals surface area contributed by atoms with Crippen LogP contribution in [0.1, 0.15) is 354 Å². The Bertz CT molecular complexity index is 1260. The van der Waals surface area contributed by atoms with Crippen molar-refractivity contribution in [3.63, 3.8) is 0 Å². The van der Waals surface area contributed by atoms with E-state index < -0.39 is 12.1 Å². The quantitative estimate of drug-likeness (QED) is 0.0320. The summed E-state index contributed by atoms with van der Waals surface area (Å²) >= 11 is 0. The molecule has 0 aromatic rings. The highest BCUT2D eigenvalue weighted by atomic mass is 16.5. The van der Waals surface area contributed by atoms with Crippen molar-refractivity contribution in [2.24, 2.45) is 0 Å². The van der Waals surface area contributed by atoms with Crippen molar-refractivity contribution in [1.29, 1.82) is 0 Å². The third-order valence-corrected chi connectivity index (χ3v) is 15.3. The molecule has 0 radical (unpaired) electrons. The minimum atomic E-state index is -0.857. The molecular weight excluding hydrogens is 923 g/mol. The second-order valence-electron chi connectivity index (χ2n) is 22.8. The minimum absolute atomic E-state index is 0.0165. The van der Waals surface area contributed by atoms with Crippen molar-refractivity contribution in [3.05, 3.63) is 48.6 Å². The fourth-order valence-corrected chi connectivity index (χ4v) is 10.2. The van der Waals surface area contributed by atoms with Crippen LogP contribution in [-0.4, -0.2) is 47.4 Å². The zero-order valence-electron chi connectivity index (χ0n) is 50.3. The van der Waals surface area contributed by atoms with E-state index >= 15 is 0 Å².